The number of piperidine rings is 1. The molecular formula is C22H32N6O3S. The second-order valence-corrected chi connectivity index (χ2v) is 10.2. The van der Waals surface area contributed by atoms with Crippen molar-refractivity contribution in [2.24, 2.45) is 5.92 Å². The van der Waals surface area contributed by atoms with Crippen molar-refractivity contribution in [2.45, 2.75) is 77.4 Å². The van der Waals surface area contributed by atoms with Crippen LogP contribution in [0.4, 0.5) is 5.13 Å². The summed E-state index contributed by atoms with van der Waals surface area (Å²) in [6.45, 7) is 5.25. The lowest BCUT2D eigenvalue weighted by Crippen LogP contribution is -2.44. The second-order valence-electron chi connectivity index (χ2n) is 9.18. The van der Waals surface area contributed by atoms with Crippen LogP contribution in [-0.4, -0.2) is 51.5 Å². The second kappa shape index (κ2) is 9.97. The first kappa shape index (κ1) is 22.7. The summed E-state index contributed by atoms with van der Waals surface area (Å²) >= 11 is 1.29. The van der Waals surface area contributed by atoms with Gasteiger partial charge in [-0.1, -0.05) is 30.6 Å². The quantitative estimate of drug-likeness (QED) is 0.683. The maximum Gasteiger partial charge on any atom is 0.273 e. The molecule has 174 valence electrons. The Labute approximate surface area is 191 Å². The van der Waals surface area contributed by atoms with Gasteiger partial charge < -0.3 is 15.5 Å². The zero-order valence-corrected chi connectivity index (χ0v) is 19.6. The van der Waals surface area contributed by atoms with E-state index in [2.05, 4.69) is 25.5 Å². The first-order valence-corrected chi connectivity index (χ1v) is 12.4. The highest BCUT2D eigenvalue weighted by Gasteiger charge is 2.28. The fraction of sp³-hybridized carbons (Fsp3) is 0.682. The first-order chi connectivity index (χ1) is 15.4. The topological polar surface area (TPSA) is 109 Å². The van der Waals surface area contributed by atoms with Crippen LogP contribution in [0.2, 0.25) is 0 Å². The van der Waals surface area contributed by atoms with E-state index in [1.807, 2.05) is 13.8 Å². The molecule has 2 fully saturated rings. The van der Waals surface area contributed by atoms with Crippen LogP contribution in [-0.2, 0) is 16.1 Å². The lowest BCUT2D eigenvalue weighted by Gasteiger charge is -2.32. The number of thiazole rings is 1. The van der Waals surface area contributed by atoms with Crippen molar-refractivity contribution in [3.05, 3.63) is 16.7 Å². The van der Waals surface area contributed by atoms with Gasteiger partial charge in [0.1, 0.15) is 17.6 Å². The molecule has 3 heterocycles. The Morgan fingerprint density at radius 2 is 1.97 bits per heavy atom. The fourth-order valence-corrected chi connectivity index (χ4v) is 5.53. The maximum atomic E-state index is 13.0. The minimum atomic E-state index is -0.247. The molecular weight excluding hydrogens is 428 g/mol. The first-order valence-electron chi connectivity index (χ1n) is 11.6. The summed E-state index contributed by atoms with van der Waals surface area (Å²) in [6.07, 6.45) is 8.65. The molecule has 32 heavy (non-hydrogen) atoms. The number of aromatic nitrogens is 3. The SMILES string of the molecule is CC(C)NC(=O)[C@@H]1CCCN(c2nc3ncn(CC(=O)NC4CCCCC4)c(=O)c3s2)C1. The van der Waals surface area contributed by atoms with Gasteiger partial charge in [0.15, 0.2) is 10.8 Å². The Kier molecular flexibility index (Phi) is 7.07. The molecule has 2 N–H and O–H groups in total. The molecule has 2 amide bonds. The van der Waals surface area contributed by atoms with Crippen LogP contribution in [0.1, 0.15) is 58.8 Å². The molecule has 1 aliphatic carbocycles. The number of amides is 2. The Morgan fingerprint density at radius 1 is 1.19 bits per heavy atom. The van der Waals surface area contributed by atoms with Crippen LogP contribution in [0.15, 0.2) is 11.1 Å². The molecule has 1 saturated heterocycles. The van der Waals surface area contributed by atoms with E-state index in [1.165, 1.54) is 28.7 Å². The van der Waals surface area contributed by atoms with Crippen LogP contribution in [0.3, 0.4) is 0 Å². The molecule has 2 aromatic rings. The van der Waals surface area contributed by atoms with Crippen molar-refractivity contribution in [1.82, 2.24) is 25.2 Å². The zero-order valence-electron chi connectivity index (χ0n) is 18.8. The lowest BCUT2D eigenvalue weighted by molar-refractivity contribution is -0.125. The number of carbonyl (C=O) groups excluding carboxylic acids is 2. The minimum absolute atomic E-state index is 0.0351. The molecule has 0 unspecified atom stereocenters. The maximum absolute atomic E-state index is 13.0. The highest BCUT2D eigenvalue weighted by atomic mass is 32.1. The number of rotatable bonds is 6. The molecule has 1 saturated carbocycles. The molecule has 0 spiro atoms. The number of hydrogen-bond donors (Lipinski definition) is 2. The Bertz CT molecular complexity index is 1030. The molecule has 2 aliphatic rings. The molecule has 1 aliphatic heterocycles. The molecule has 0 bridgehead atoms. The van der Waals surface area contributed by atoms with Crippen molar-refractivity contribution in [3.8, 4) is 0 Å². The van der Waals surface area contributed by atoms with Gasteiger partial charge in [-0.15, -0.1) is 0 Å². The van der Waals surface area contributed by atoms with Crippen LogP contribution >= 0.6 is 11.3 Å². The van der Waals surface area contributed by atoms with Gasteiger partial charge in [0.05, 0.1) is 5.92 Å². The van der Waals surface area contributed by atoms with E-state index in [0.717, 1.165) is 45.1 Å². The molecule has 0 aromatic carbocycles. The Balaban J connectivity index is 1.46. The number of anilines is 1. The van der Waals surface area contributed by atoms with E-state index < -0.39 is 0 Å². The number of carbonyl (C=O) groups is 2. The van der Waals surface area contributed by atoms with Crippen LogP contribution in [0, 0.1) is 5.92 Å². The molecule has 4 rings (SSSR count). The summed E-state index contributed by atoms with van der Waals surface area (Å²) in [5.74, 6) is -0.179. The van der Waals surface area contributed by atoms with Crippen LogP contribution in [0.5, 0.6) is 0 Å². The fourth-order valence-electron chi connectivity index (χ4n) is 4.53. The standard InChI is InChI=1S/C22H32N6O3S/c1-14(2)24-20(30)15-7-6-10-27(11-15)22-26-19-18(32-22)21(31)28(13-23-19)12-17(29)25-16-8-4-3-5-9-16/h13-16H,3-12H2,1-2H3,(H,24,30)(H,25,29)/t15-/m1/s1. The van der Waals surface area contributed by atoms with E-state index >= 15 is 0 Å². The Morgan fingerprint density at radius 3 is 2.72 bits per heavy atom. The predicted molar refractivity (Wildman–Crippen MR) is 125 cm³/mol. The summed E-state index contributed by atoms with van der Waals surface area (Å²) in [7, 11) is 0. The zero-order chi connectivity index (χ0) is 22.7. The van der Waals surface area contributed by atoms with Gasteiger partial charge in [-0.25, -0.2) is 4.98 Å². The monoisotopic (exact) mass is 460 g/mol. The highest BCUT2D eigenvalue weighted by Crippen LogP contribution is 2.29. The predicted octanol–water partition coefficient (Wildman–Crippen LogP) is 2.04. The third kappa shape index (κ3) is 5.28. The van der Waals surface area contributed by atoms with E-state index in [-0.39, 0.29) is 41.9 Å². The molecule has 10 heteroatoms. The van der Waals surface area contributed by atoms with Gasteiger partial charge in [-0.05, 0) is 39.5 Å². The van der Waals surface area contributed by atoms with Gasteiger partial charge >= 0.3 is 0 Å². The smallest absolute Gasteiger partial charge is 0.273 e. The molecule has 2 aromatic heterocycles. The normalized spacial score (nSPS) is 20.0. The Hall–Kier alpha value is -2.49. The average Bonchev–Trinajstić information content (AvgIpc) is 3.21. The lowest BCUT2D eigenvalue weighted by atomic mass is 9.95. The third-order valence-electron chi connectivity index (χ3n) is 6.15. The number of hydrogen-bond acceptors (Lipinski definition) is 7. The van der Waals surface area contributed by atoms with Crippen molar-refractivity contribution in [1.29, 1.82) is 0 Å². The van der Waals surface area contributed by atoms with Gasteiger partial charge in [0.25, 0.3) is 5.56 Å². The highest BCUT2D eigenvalue weighted by molar-refractivity contribution is 7.22. The summed E-state index contributed by atoms with van der Waals surface area (Å²) in [6, 6.07) is 0.317. The van der Waals surface area contributed by atoms with E-state index in [0.29, 0.717) is 22.0 Å². The van der Waals surface area contributed by atoms with Crippen LogP contribution < -0.4 is 21.1 Å². The van der Waals surface area contributed by atoms with Gasteiger partial charge in [-0.2, -0.15) is 4.98 Å². The number of nitrogens with zero attached hydrogens (tertiary/aromatic N) is 4. The summed E-state index contributed by atoms with van der Waals surface area (Å²) in [5.41, 5.74) is 0.149. The minimum Gasteiger partial charge on any atom is -0.354 e. The number of fused-ring (bicyclic) bond motifs is 1. The van der Waals surface area contributed by atoms with Crippen molar-refractivity contribution in [3.63, 3.8) is 0 Å². The number of nitrogens with one attached hydrogen (secondary N) is 2. The van der Waals surface area contributed by atoms with Gasteiger partial charge in [0, 0.05) is 25.2 Å². The van der Waals surface area contributed by atoms with Gasteiger partial charge in [0.2, 0.25) is 11.8 Å². The van der Waals surface area contributed by atoms with Crippen molar-refractivity contribution in [2.75, 3.05) is 18.0 Å². The van der Waals surface area contributed by atoms with Crippen molar-refractivity contribution < 1.29 is 9.59 Å². The van der Waals surface area contributed by atoms with E-state index in [1.54, 1.807) is 0 Å². The molecule has 9 nitrogen and oxygen atoms in total. The van der Waals surface area contributed by atoms with Crippen molar-refractivity contribution >= 4 is 38.6 Å². The molecule has 1 atom stereocenters. The average molecular weight is 461 g/mol. The molecule has 0 radical (unpaired) electrons. The largest absolute Gasteiger partial charge is 0.354 e. The van der Waals surface area contributed by atoms with E-state index in [9.17, 15) is 14.4 Å². The van der Waals surface area contributed by atoms with Gasteiger partial charge in [-0.3, -0.25) is 19.0 Å². The third-order valence-corrected chi connectivity index (χ3v) is 7.24. The van der Waals surface area contributed by atoms with E-state index in [4.69, 9.17) is 0 Å². The summed E-state index contributed by atoms with van der Waals surface area (Å²) in [4.78, 5) is 48.8. The summed E-state index contributed by atoms with van der Waals surface area (Å²) in [5, 5.41) is 6.74. The summed E-state index contributed by atoms with van der Waals surface area (Å²) < 4.78 is 1.80. The van der Waals surface area contributed by atoms with Crippen LogP contribution in [0.25, 0.3) is 10.3 Å².